The summed E-state index contributed by atoms with van der Waals surface area (Å²) in [5.74, 6) is -2.13. The van der Waals surface area contributed by atoms with Crippen LogP contribution in [0, 0.1) is 0 Å². The Bertz CT molecular complexity index is 291. The largest absolute Gasteiger partial charge is 0.478 e. The number of carboxylic acid groups (broad SMARTS) is 2. The Morgan fingerprint density at radius 2 is 1.21 bits per heavy atom. The number of carboxylic acids is 2. The molecule has 0 aromatic rings. The third-order valence-electron chi connectivity index (χ3n) is 1.39. The second-order valence-electron chi connectivity index (χ2n) is 2.80. The van der Waals surface area contributed by atoms with E-state index in [4.69, 9.17) is 10.2 Å². The zero-order valence-corrected chi connectivity index (χ0v) is 8.02. The van der Waals surface area contributed by atoms with E-state index in [-0.39, 0.29) is 0 Å². The number of carbonyl (C=O) groups is 2. The highest BCUT2D eigenvalue weighted by molar-refractivity contribution is 5.82. The molecule has 2 N–H and O–H groups in total. The zero-order chi connectivity index (χ0) is 11.1. The summed E-state index contributed by atoms with van der Waals surface area (Å²) in [5.41, 5.74) is 1.43. The monoisotopic (exact) mass is 196 g/mol. The first-order chi connectivity index (χ1) is 6.43. The van der Waals surface area contributed by atoms with E-state index >= 15 is 0 Å². The molecule has 4 heteroatoms. The van der Waals surface area contributed by atoms with Gasteiger partial charge in [-0.15, -0.1) is 0 Å². The minimum Gasteiger partial charge on any atom is -0.478 e. The molecule has 0 aliphatic carbocycles. The molecule has 0 aliphatic heterocycles. The molecule has 0 rings (SSSR count). The normalized spacial score (nSPS) is 10.7. The van der Waals surface area contributed by atoms with Crippen LogP contribution in [0.1, 0.15) is 13.8 Å². The first-order valence-electron chi connectivity index (χ1n) is 3.93. The van der Waals surface area contributed by atoms with Crippen molar-refractivity contribution in [3.63, 3.8) is 0 Å². The molecule has 0 aromatic carbocycles. The molecule has 0 heterocycles. The van der Waals surface area contributed by atoms with Crippen molar-refractivity contribution in [3.05, 3.63) is 35.5 Å². The van der Waals surface area contributed by atoms with E-state index in [2.05, 4.69) is 0 Å². The van der Waals surface area contributed by atoms with Crippen molar-refractivity contribution in [2.75, 3.05) is 0 Å². The molecule has 0 bridgehead atoms. The summed E-state index contributed by atoms with van der Waals surface area (Å²) in [7, 11) is 0. The third-order valence-corrected chi connectivity index (χ3v) is 1.39. The lowest BCUT2D eigenvalue weighted by atomic mass is 10.1. The van der Waals surface area contributed by atoms with Crippen LogP contribution >= 0.6 is 0 Å². The Morgan fingerprint density at radius 3 is 1.43 bits per heavy atom. The molecular formula is C10H12O4. The van der Waals surface area contributed by atoms with E-state index in [9.17, 15) is 9.59 Å². The molecule has 0 aliphatic rings. The first kappa shape index (κ1) is 12.2. The molecule has 0 unspecified atom stereocenters. The summed E-state index contributed by atoms with van der Waals surface area (Å²) in [4.78, 5) is 20.4. The van der Waals surface area contributed by atoms with E-state index in [0.717, 1.165) is 17.7 Å². The third kappa shape index (κ3) is 5.77. The fraction of sp³-hybridized carbons (Fsp3) is 0.200. The van der Waals surface area contributed by atoms with Crippen LogP contribution < -0.4 is 0 Å². The van der Waals surface area contributed by atoms with E-state index in [1.165, 1.54) is 12.2 Å². The number of rotatable bonds is 4. The van der Waals surface area contributed by atoms with Gasteiger partial charge >= 0.3 is 11.9 Å². The first-order valence-corrected chi connectivity index (χ1v) is 3.93. The molecule has 0 fully saturated rings. The molecule has 76 valence electrons. The fourth-order valence-corrected chi connectivity index (χ4v) is 0.711. The van der Waals surface area contributed by atoms with Gasteiger partial charge in [0.25, 0.3) is 0 Å². The summed E-state index contributed by atoms with van der Waals surface area (Å²) < 4.78 is 0. The molecule has 0 spiro atoms. The maximum atomic E-state index is 10.2. The number of allylic oxidation sites excluding steroid dienone is 4. The Hall–Kier alpha value is -1.84. The van der Waals surface area contributed by atoms with Gasteiger partial charge in [-0.3, -0.25) is 0 Å². The maximum absolute atomic E-state index is 10.2. The van der Waals surface area contributed by atoms with Crippen molar-refractivity contribution in [1.29, 1.82) is 0 Å². The quantitative estimate of drug-likeness (QED) is 0.529. The topological polar surface area (TPSA) is 74.6 Å². The number of hydrogen-bond donors (Lipinski definition) is 2. The zero-order valence-electron chi connectivity index (χ0n) is 8.02. The van der Waals surface area contributed by atoms with Crippen LogP contribution in [-0.4, -0.2) is 22.2 Å². The molecule has 0 atom stereocenters. The van der Waals surface area contributed by atoms with E-state index in [0.29, 0.717) is 5.57 Å². The molecule has 0 radical (unpaired) electrons. The van der Waals surface area contributed by atoms with E-state index in [1.807, 2.05) is 0 Å². The van der Waals surface area contributed by atoms with Gasteiger partial charge in [-0.2, -0.15) is 0 Å². The highest BCUT2D eigenvalue weighted by Gasteiger charge is 1.93. The van der Waals surface area contributed by atoms with Crippen LogP contribution in [-0.2, 0) is 9.59 Å². The summed E-state index contributed by atoms with van der Waals surface area (Å²) in [6, 6.07) is 0. The van der Waals surface area contributed by atoms with Crippen LogP contribution in [0.3, 0.4) is 0 Å². The Labute approximate surface area is 81.9 Å². The van der Waals surface area contributed by atoms with Crippen LogP contribution in [0.5, 0.6) is 0 Å². The number of hydrogen-bond acceptors (Lipinski definition) is 2. The minimum absolute atomic E-state index is 0.579. The van der Waals surface area contributed by atoms with Crippen molar-refractivity contribution in [2.45, 2.75) is 13.8 Å². The van der Waals surface area contributed by atoms with Gasteiger partial charge in [0.1, 0.15) is 0 Å². The second kappa shape index (κ2) is 5.75. The average Bonchev–Trinajstić information content (AvgIpc) is 2.02. The molecule has 0 amide bonds. The molecular weight excluding hydrogens is 184 g/mol. The highest BCUT2D eigenvalue weighted by atomic mass is 16.4. The molecule has 0 aromatic heterocycles. The summed E-state index contributed by atoms with van der Waals surface area (Å²) in [6.45, 7) is 3.54. The predicted molar refractivity (Wildman–Crippen MR) is 51.9 cm³/mol. The summed E-state index contributed by atoms with van der Waals surface area (Å²) in [6.07, 6.45) is 4.65. The van der Waals surface area contributed by atoms with E-state index in [1.54, 1.807) is 13.8 Å². The van der Waals surface area contributed by atoms with Gasteiger partial charge < -0.3 is 10.2 Å². The average molecular weight is 196 g/mol. The summed E-state index contributed by atoms with van der Waals surface area (Å²) in [5, 5.41) is 16.7. The number of aliphatic carboxylic acids is 2. The van der Waals surface area contributed by atoms with E-state index < -0.39 is 11.9 Å². The van der Waals surface area contributed by atoms with Crippen LogP contribution in [0.4, 0.5) is 0 Å². The molecule has 0 saturated carbocycles. The maximum Gasteiger partial charge on any atom is 0.328 e. The molecule has 14 heavy (non-hydrogen) atoms. The van der Waals surface area contributed by atoms with Gasteiger partial charge in [-0.05, 0) is 31.6 Å². The van der Waals surface area contributed by atoms with Crippen molar-refractivity contribution in [3.8, 4) is 0 Å². The van der Waals surface area contributed by atoms with Gasteiger partial charge in [0, 0.05) is 12.2 Å². The second-order valence-corrected chi connectivity index (χ2v) is 2.80. The van der Waals surface area contributed by atoms with Crippen molar-refractivity contribution in [1.82, 2.24) is 0 Å². The van der Waals surface area contributed by atoms with Gasteiger partial charge in [-0.1, -0.05) is 5.57 Å². The Morgan fingerprint density at radius 1 is 0.857 bits per heavy atom. The molecule has 4 nitrogen and oxygen atoms in total. The Kier molecular flexibility index (Phi) is 4.99. The van der Waals surface area contributed by atoms with Crippen LogP contribution in [0.15, 0.2) is 35.5 Å². The highest BCUT2D eigenvalue weighted by Crippen LogP contribution is 2.06. The van der Waals surface area contributed by atoms with Gasteiger partial charge in [0.2, 0.25) is 0 Å². The minimum atomic E-state index is -1.06. The standard InChI is InChI=1S/C10H12O4/c1-7(2)8(3-5-9(11)12)4-6-10(13)14/h3-6H,1-2H3,(H,11,12)(H,13,14). The smallest absolute Gasteiger partial charge is 0.328 e. The molecule has 0 saturated heterocycles. The van der Waals surface area contributed by atoms with Crippen LogP contribution in [0.25, 0.3) is 0 Å². The van der Waals surface area contributed by atoms with Gasteiger partial charge in [-0.25, -0.2) is 9.59 Å². The SMILES string of the molecule is CC(C)=C(C=CC(=O)O)C=CC(=O)O. The van der Waals surface area contributed by atoms with Crippen LogP contribution in [0.2, 0.25) is 0 Å². The van der Waals surface area contributed by atoms with Crippen molar-refractivity contribution < 1.29 is 19.8 Å². The fourth-order valence-electron chi connectivity index (χ4n) is 0.711. The van der Waals surface area contributed by atoms with Crippen molar-refractivity contribution in [2.24, 2.45) is 0 Å². The Balaban J connectivity index is 4.74. The lowest BCUT2D eigenvalue weighted by Gasteiger charge is -1.95. The lowest BCUT2D eigenvalue weighted by Crippen LogP contribution is -1.89. The summed E-state index contributed by atoms with van der Waals surface area (Å²) >= 11 is 0. The predicted octanol–water partition coefficient (Wildman–Crippen LogP) is 1.60. The van der Waals surface area contributed by atoms with Gasteiger partial charge in [0.05, 0.1) is 0 Å². The van der Waals surface area contributed by atoms with Crippen molar-refractivity contribution >= 4 is 11.9 Å². The van der Waals surface area contributed by atoms with Gasteiger partial charge in [0.15, 0.2) is 0 Å². The lowest BCUT2D eigenvalue weighted by molar-refractivity contribution is -0.132.